The molecule has 2 N–H and O–H groups in total. The van der Waals surface area contributed by atoms with Gasteiger partial charge in [-0.15, -0.1) is 11.3 Å². The van der Waals surface area contributed by atoms with Gasteiger partial charge in [-0.1, -0.05) is 18.2 Å². The maximum atomic E-state index is 13.8. The highest BCUT2D eigenvalue weighted by molar-refractivity contribution is 7.14. The largest absolute Gasteiger partial charge is 0.508 e. The van der Waals surface area contributed by atoms with Gasteiger partial charge < -0.3 is 15.2 Å². The Balaban J connectivity index is 1.62. The van der Waals surface area contributed by atoms with Crippen molar-refractivity contribution in [3.05, 3.63) is 59.2 Å². The van der Waals surface area contributed by atoms with Crippen molar-refractivity contribution >= 4 is 22.4 Å². The van der Waals surface area contributed by atoms with Crippen molar-refractivity contribution in [2.45, 2.75) is 12.8 Å². The summed E-state index contributed by atoms with van der Waals surface area (Å²) in [6.45, 7) is 0. The predicted octanol–water partition coefficient (Wildman–Crippen LogP) is 4.23. The molecule has 1 aromatic heterocycles. The van der Waals surface area contributed by atoms with Crippen LogP contribution in [0.25, 0.3) is 11.3 Å². The minimum atomic E-state index is -0.466. The Morgan fingerprint density at radius 2 is 2.12 bits per heavy atom. The molecule has 0 spiro atoms. The summed E-state index contributed by atoms with van der Waals surface area (Å²) in [6, 6.07) is 11.5. The van der Waals surface area contributed by atoms with Crippen molar-refractivity contribution in [1.29, 1.82) is 0 Å². The van der Waals surface area contributed by atoms with Crippen molar-refractivity contribution in [2.75, 3.05) is 12.4 Å². The van der Waals surface area contributed by atoms with Crippen LogP contribution in [0, 0.1) is 5.82 Å². The summed E-state index contributed by atoms with van der Waals surface area (Å²) in [5, 5.41) is 14.6. The zero-order chi connectivity index (χ0) is 18.5. The van der Waals surface area contributed by atoms with Crippen LogP contribution in [0.15, 0.2) is 47.8 Å². The molecule has 1 amide bonds. The van der Waals surface area contributed by atoms with Gasteiger partial charge in [-0.25, -0.2) is 9.37 Å². The molecular weight excluding hydrogens is 355 g/mol. The molecule has 3 aromatic rings. The fraction of sp³-hybridized carbons (Fsp3) is 0.158. The Morgan fingerprint density at radius 3 is 2.85 bits per heavy atom. The smallest absolute Gasteiger partial charge is 0.226 e. The molecule has 0 bridgehead atoms. The number of para-hydroxylation sites is 1. The van der Waals surface area contributed by atoms with Gasteiger partial charge in [-0.2, -0.15) is 0 Å². The van der Waals surface area contributed by atoms with E-state index >= 15 is 0 Å². The number of ether oxygens (including phenoxy) is 1. The molecule has 26 heavy (non-hydrogen) atoms. The second-order valence-electron chi connectivity index (χ2n) is 5.56. The SMILES string of the molecule is COc1ccc(-c2csc(NC(=O)CCc3ccccc3O)n2)cc1F. The summed E-state index contributed by atoms with van der Waals surface area (Å²) in [7, 11) is 1.41. The van der Waals surface area contributed by atoms with E-state index < -0.39 is 5.82 Å². The van der Waals surface area contributed by atoms with Gasteiger partial charge in [-0.05, 0) is 36.2 Å². The number of aromatic hydroxyl groups is 1. The predicted molar refractivity (Wildman–Crippen MR) is 99.1 cm³/mol. The topological polar surface area (TPSA) is 71.5 Å². The zero-order valence-electron chi connectivity index (χ0n) is 14.0. The number of nitrogens with zero attached hydrogens (tertiary/aromatic N) is 1. The monoisotopic (exact) mass is 372 g/mol. The van der Waals surface area contributed by atoms with Gasteiger partial charge in [0.1, 0.15) is 5.75 Å². The third-order valence-electron chi connectivity index (χ3n) is 3.81. The maximum Gasteiger partial charge on any atom is 0.226 e. The van der Waals surface area contributed by atoms with Crippen molar-refractivity contribution in [2.24, 2.45) is 0 Å². The van der Waals surface area contributed by atoms with Gasteiger partial charge in [0, 0.05) is 17.4 Å². The molecule has 1 heterocycles. The van der Waals surface area contributed by atoms with E-state index in [0.717, 1.165) is 5.56 Å². The van der Waals surface area contributed by atoms with Crippen LogP contribution in [0.5, 0.6) is 11.5 Å². The number of methoxy groups -OCH3 is 1. The number of aryl methyl sites for hydroxylation is 1. The molecule has 0 fully saturated rings. The van der Waals surface area contributed by atoms with Crippen LogP contribution in [0.3, 0.4) is 0 Å². The lowest BCUT2D eigenvalue weighted by atomic mass is 10.1. The van der Waals surface area contributed by atoms with Crippen LogP contribution < -0.4 is 10.1 Å². The first-order valence-electron chi connectivity index (χ1n) is 7.93. The highest BCUT2D eigenvalue weighted by atomic mass is 32.1. The first-order chi connectivity index (χ1) is 12.6. The first-order valence-corrected chi connectivity index (χ1v) is 8.81. The third-order valence-corrected chi connectivity index (χ3v) is 4.57. The number of anilines is 1. The average molecular weight is 372 g/mol. The fourth-order valence-electron chi connectivity index (χ4n) is 2.44. The minimum Gasteiger partial charge on any atom is -0.508 e. The molecule has 0 radical (unpaired) electrons. The van der Waals surface area contributed by atoms with E-state index in [1.54, 1.807) is 29.6 Å². The summed E-state index contributed by atoms with van der Waals surface area (Å²) < 4.78 is 18.7. The van der Waals surface area contributed by atoms with Crippen molar-refractivity contribution < 1.29 is 19.0 Å². The molecular formula is C19H17FN2O3S. The molecule has 2 aromatic carbocycles. The van der Waals surface area contributed by atoms with E-state index in [0.29, 0.717) is 22.8 Å². The van der Waals surface area contributed by atoms with Crippen LogP contribution in [-0.2, 0) is 11.2 Å². The van der Waals surface area contributed by atoms with Gasteiger partial charge in [-0.3, -0.25) is 4.79 Å². The Kier molecular flexibility index (Phi) is 5.48. The summed E-state index contributed by atoms with van der Waals surface area (Å²) in [5.74, 6) is -0.318. The van der Waals surface area contributed by atoms with Gasteiger partial charge in [0.15, 0.2) is 16.7 Å². The number of rotatable bonds is 6. The molecule has 5 nitrogen and oxygen atoms in total. The second-order valence-corrected chi connectivity index (χ2v) is 6.42. The summed E-state index contributed by atoms with van der Waals surface area (Å²) in [4.78, 5) is 16.4. The van der Waals surface area contributed by atoms with Crippen LogP contribution in [0.2, 0.25) is 0 Å². The highest BCUT2D eigenvalue weighted by Crippen LogP contribution is 2.28. The van der Waals surface area contributed by atoms with E-state index in [9.17, 15) is 14.3 Å². The Bertz CT molecular complexity index is 927. The number of hydrogen-bond acceptors (Lipinski definition) is 5. The third kappa shape index (κ3) is 4.18. The molecule has 134 valence electrons. The molecule has 0 aliphatic rings. The summed E-state index contributed by atoms with van der Waals surface area (Å²) >= 11 is 1.27. The number of aromatic nitrogens is 1. The van der Waals surface area contributed by atoms with Gasteiger partial charge in [0.25, 0.3) is 0 Å². The minimum absolute atomic E-state index is 0.168. The average Bonchev–Trinajstić information content (AvgIpc) is 3.09. The second kappa shape index (κ2) is 7.97. The number of carbonyl (C=O) groups is 1. The van der Waals surface area contributed by atoms with Crippen LogP contribution in [0.1, 0.15) is 12.0 Å². The van der Waals surface area contributed by atoms with E-state index in [4.69, 9.17) is 4.74 Å². The number of benzene rings is 2. The van der Waals surface area contributed by atoms with Gasteiger partial charge in [0.2, 0.25) is 5.91 Å². The molecule has 0 atom stereocenters. The highest BCUT2D eigenvalue weighted by Gasteiger charge is 2.11. The van der Waals surface area contributed by atoms with Crippen LogP contribution in [0.4, 0.5) is 9.52 Å². The molecule has 0 unspecified atom stereocenters. The first kappa shape index (κ1) is 17.9. The molecule has 0 aliphatic heterocycles. The number of phenols is 1. The van der Waals surface area contributed by atoms with E-state index in [1.807, 2.05) is 6.07 Å². The molecule has 0 saturated heterocycles. The summed E-state index contributed by atoms with van der Waals surface area (Å²) in [6.07, 6.45) is 0.657. The molecule has 3 rings (SSSR count). The number of phenolic OH excluding ortho intramolecular Hbond substituents is 1. The Labute approximate surface area is 154 Å². The van der Waals surface area contributed by atoms with Crippen molar-refractivity contribution in [3.8, 4) is 22.8 Å². The van der Waals surface area contributed by atoms with Gasteiger partial charge in [0.05, 0.1) is 12.8 Å². The lowest BCUT2D eigenvalue weighted by Crippen LogP contribution is -2.12. The number of amides is 1. The van der Waals surface area contributed by atoms with E-state index in [1.165, 1.54) is 30.6 Å². The molecule has 7 heteroatoms. The molecule has 0 aliphatic carbocycles. The summed E-state index contributed by atoms with van der Waals surface area (Å²) in [5.41, 5.74) is 1.90. The van der Waals surface area contributed by atoms with Crippen LogP contribution >= 0.6 is 11.3 Å². The number of thiazole rings is 1. The lowest BCUT2D eigenvalue weighted by molar-refractivity contribution is -0.116. The molecule has 0 saturated carbocycles. The van der Waals surface area contributed by atoms with Crippen molar-refractivity contribution in [3.63, 3.8) is 0 Å². The van der Waals surface area contributed by atoms with E-state index in [2.05, 4.69) is 10.3 Å². The number of carbonyl (C=O) groups excluding carboxylic acids is 1. The van der Waals surface area contributed by atoms with Crippen molar-refractivity contribution in [1.82, 2.24) is 4.98 Å². The fourth-order valence-corrected chi connectivity index (χ4v) is 3.18. The standard InChI is InChI=1S/C19H17FN2O3S/c1-25-17-8-6-13(10-14(17)20)15-11-26-19(21-15)22-18(24)9-7-12-4-2-3-5-16(12)23/h2-6,8,10-11,23H,7,9H2,1H3,(H,21,22,24). The Hall–Kier alpha value is -2.93. The number of hydrogen-bond donors (Lipinski definition) is 2. The van der Waals surface area contributed by atoms with Gasteiger partial charge >= 0.3 is 0 Å². The normalized spacial score (nSPS) is 10.5. The van der Waals surface area contributed by atoms with E-state index in [-0.39, 0.29) is 23.8 Å². The lowest BCUT2D eigenvalue weighted by Gasteiger charge is -2.04. The maximum absolute atomic E-state index is 13.8. The quantitative estimate of drug-likeness (QED) is 0.679. The zero-order valence-corrected chi connectivity index (χ0v) is 14.8. The Morgan fingerprint density at radius 1 is 1.31 bits per heavy atom. The number of nitrogens with one attached hydrogen (secondary N) is 1. The number of halogens is 1. The van der Waals surface area contributed by atoms with Crippen LogP contribution in [-0.4, -0.2) is 23.1 Å².